The zero-order chi connectivity index (χ0) is 15.4. The van der Waals surface area contributed by atoms with Gasteiger partial charge in [0, 0.05) is 36.8 Å². The lowest BCUT2D eigenvalue weighted by molar-refractivity contribution is 0.136. The van der Waals surface area contributed by atoms with E-state index in [1.807, 2.05) is 30.3 Å². The number of nitrogens with one attached hydrogen (secondary N) is 1. The van der Waals surface area contributed by atoms with Gasteiger partial charge in [0.25, 0.3) is 0 Å². The van der Waals surface area contributed by atoms with E-state index in [0.29, 0.717) is 17.2 Å². The predicted octanol–water partition coefficient (Wildman–Crippen LogP) is 2.44. The molecule has 1 aromatic carbocycles. The van der Waals surface area contributed by atoms with Gasteiger partial charge in [-0.25, -0.2) is 4.79 Å². The zero-order valence-corrected chi connectivity index (χ0v) is 12.9. The van der Waals surface area contributed by atoms with Crippen LogP contribution in [0.5, 0.6) is 0 Å². The van der Waals surface area contributed by atoms with Crippen LogP contribution in [0.3, 0.4) is 0 Å². The second-order valence-corrected chi connectivity index (χ2v) is 6.14. The van der Waals surface area contributed by atoms with Gasteiger partial charge in [0.15, 0.2) is 0 Å². The molecule has 0 saturated carbocycles. The molecule has 22 heavy (non-hydrogen) atoms. The molecule has 1 aliphatic rings. The standard InChI is InChI=1S/C15H18N4O2S/c20-10-11-5-4-8-19(9-11)15(21)16-14-13(17-18-22-14)12-6-2-1-3-7-12/h1-3,6-7,11,20H,4-5,8-10H2,(H,16,21)/t11-/m1/s1. The molecule has 6 nitrogen and oxygen atoms in total. The quantitative estimate of drug-likeness (QED) is 0.911. The van der Waals surface area contributed by atoms with Crippen molar-refractivity contribution >= 4 is 22.6 Å². The number of aromatic nitrogens is 2. The average molecular weight is 318 g/mol. The number of benzene rings is 1. The van der Waals surface area contributed by atoms with Crippen LogP contribution >= 0.6 is 11.5 Å². The topological polar surface area (TPSA) is 78.4 Å². The van der Waals surface area contributed by atoms with Crippen LogP contribution in [0.4, 0.5) is 9.80 Å². The fourth-order valence-corrected chi connectivity index (χ4v) is 3.21. The van der Waals surface area contributed by atoms with E-state index in [0.717, 1.165) is 24.9 Å². The van der Waals surface area contributed by atoms with E-state index in [4.69, 9.17) is 0 Å². The van der Waals surface area contributed by atoms with Gasteiger partial charge in [-0.1, -0.05) is 34.8 Å². The number of carbonyl (C=O) groups is 1. The van der Waals surface area contributed by atoms with Crippen LogP contribution in [0.1, 0.15) is 12.8 Å². The molecule has 2 heterocycles. The third-order valence-corrected chi connectivity index (χ3v) is 4.46. The number of aliphatic hydroxyl groups is 1. The second kappa shape index (κ2) is 6.85. The van der Waals surface area contributed by atoms with E-state index >= 15 is 0 Å². The maximum absolute atomic E-state index is 12.4. The molecule has 1 fully saturated rings. The summed E-state index contributed by atoms with van der Waals surface area (Å²) in [6, 6.07) is 9.52. The fourth-order valence-electron chi connectivity index (χ4n) is 2.63. The van der Waals surface area contributed by atoms with Crippen LogP contribution in [-0.2, 0) is 0 Å². The van der Waals surface area contributed by atoms with Gasteiger partial charge in [0.05, 0.1) is 0 Å². The Kier molecular flexibility index (Phi) is 4.65. The van der Waals surface area contributed by atoms with Crippen molar-refractivity contribution in [2.45, 2.75) is 12.8 Å². The van der Waals surface area contributed by atoms with Gasteiger partial charge >= 0.3 is 6.03 Å². The monoisotopic (exact) mass is 318 g/mol. The lowest BCUT2D eigenvalue weighted by atomic mass is 9.99. The Morgan fingerprint density at radius 3 is 3.00 bits per heavy atom. The van der Waals surface area contributed by atoms with Crippen LogP contribution in [0.2, 0.25) is 0 Å². The van der Waals surface area contributed by atoms with E-state index in [1.165, 1.54) is 11.5 Å². The van der Waals surface area contributed by atoms with Crippen molar-refractivity contribution in [3.63, 3.8) is 0 Å². The summed E-state index contributed by atoms with van der Waals surface area (Å²) in [5, 5.41) is 16.9. The summed E-state index contributed by atoms with van der Waals surface area (Å²) in [6.07, 6.45) is 1.89. The molecule has 0 unspecified atom stereocenters. The van der Waals surface area contributed by atoms with Gasteiger partial charge < -0.3 is 10.0 Å². The number of anilines is 1. The number of likely N-dealkylation sites (tertiary alicyclic amines) is 1. The highest BCUT2D eigenvalue weighted by Gasteiger charge is 2.24. The first kappa shape index (κ1) is 14.9. The first-order valence-corrected chi connectivity index (χ1v) is 8.10. The number of hydrogen-bond donors (Lipinski definition) is 2. The lowest BCUT2D eigenvalue weighted by Crippen LogP contribution is -2.43. The molecule has 1 aromatic heterocycles. The highest BCUT2D eigenvalue weighted by atomic mass is 32.1. The molecule has 0 aliphatic carbocycles. The maximum atomic E-state index is 12.4. The molecule has 3 rings (SSSR count). The number of piperidine rings is 1. The average Bonchev–Trinajstić information content (AvgIpc) is 3.04. The van der Waals surface area contributed by atoms with Crippen LogP contribution in [0.15, 0.2) is 30.3 Å². The number of rotatable bonds is 3. The number of hydrogen-bond acceptors (Lipinski definition) is 5. The molecule has 1 aliphatic heterocycles. The van der Waals surface area contributed by atoms with Crippen LogP contribution in [-0.4, -0.2) is 45.3 Å². The molecule has 0 radical (unpaired) electrons. The van der Waals surface area contributed by atoms with Crippen molar-refractivity contribution in [2.24, 2.45) is 5.92 Å². The SMILES string of the molecule is O=C(Nc1snnc1-c1ccccc1)N1CCC[C@@H](CO)C1. The molecule has 2 amide bonds. The maximum Gasteiger partial charge on any atom is 0.322 e. The van der Waals surface area contributed by atoms with E-state index in [9.17, 15) is 9.90 Å². The number of aliphatic hydroxyl groups excluding tert-OH is 1. The van der Waals surface area contributed by atoms with Gasteiger partial charge in [-0.15, -0.1) is 5.10 Å². The highest BCUT2D eigenvalue weighted by molar-refractivity contribution is 7.10. The molecule has 1 atom stereocenters. The Morgan fingerprint density at radius 1 is 1.41 bits per heavy atom. The van der Waals surface area contributed by atoms with Gasteiger partial charge in [0.1, 0.15) is 10.7 Å². The van der Waals surface area contributed by atoms with E-state index in [-0.39, 0.29) is 18.6 Å². The molecule has 1 saturated heterocycles. The second-order valence-electron chi connectivity index (χ2n) is 5.38. The van der Waals surface area contributed by atoms with E-state index in [2.05, 4.69) is 14.9 Å². The van der Waals surface area contributed by atoms with Gasteiger partial charge in [-0.3, -0.25) is 5.32 Å². The van der Waals surface area contributed by atoms with Gasteiger partial charge in [-0.05, 0) is 18.8 Å². The van der Waals surface area contributed by atoms with Crippen molar-refractivity contribution in [2.75, 3.05) is 25.0 Å². The number of urea groups is 1. The van der Waals surface area contributed by atoms with Crippen molar-refractivity contribution in [3.8, 4) is 11.3 Å². The Labute approximate surface area is 132 Å². The highest BCUT2D eigenvalue weighted by Crippen LogP contribution is 2.29. The van der Waals surface area contributed by atoms with Crippen molar-refractivity contribution < 1.29 is 9.90 Å². The largest absolute Gasteiger partial charge is 0.396 e. The molecule has 7 heteroatoms. The Balaban J connectivity index is 1.71. The first-order chi connectivity index (χ1) is 10.8. The van der Waals surface area contributed by atoms with Crippen molar-refractivity contribution in [3.05, 3.63) is 30.3 Å². The molecule has 2 aromatic rings. The number of nitrogens with zero attached hydrogens (tertiary/aromatic N) is 3. The fraction of sp³-hybridized carbons (Fsp3) is 0.400. The van der Waals surface area contributed by atoms with E-state index < -0.39 is 0 Å². The van der Waals surface area contributed by atoms with Crippen LogP contribution in [0, 0.1) is 5.92 Å². The Morgan fingerprint density at radius 2 is 2.23 bits per heavy atom. The molecular formula is C15H18N4O2S. The van der Waals surface area contributed by atoms with E-state index in [1.54, 1.807) is 4.90 Å². The van der Waals surface area contributed by atoms with Gasteiger partial charge in [0.2, 0.25) is 0 Å². The summed E-state index contributed by atoms with van der Waals surface area (Å²) in [7, 11) is 0. The minimum Gasteiger partial charge on any atom is -0.396 e. The molecule has 2 N–H and O–H groups in total. The Bertz CT molecular complexity index is 631. The summed E-state index contributed by atoms with van der Waals surface area (Å²) in [4.78, 5) is 14.1. The van der Waals surface area contributed by atoms with Gasteiger partial charge in [-0.2, -0.15) is 0 Å². The number of amides is 2. The third-order valence-electron chi connectivity index (χ3n) is 3.82. The van der Waals surface area contributed by atoms with Crippen molar-refractivity contribution in [1.29, 1.82) is 0 Å². The summed E-state index contributed by atoms with van der Waals surface area (Å²) in [6.45, 7) is 1.44. The smallest absolute Gasteiger partial charge is 0.322 e. The summed E-state index contributed by atoms with van der Waals surface area (Å²) >= 11 is 1.17. The van der Waals surface area contributed by atoms with Crippen LogP contribution < -0.4 is 5.32 Å². The normalized spacial score (nSPS) is 18.2. The molecule has 0 spiro atoms. The molecular weight excluding hydrogens is 300 g/mol. The Hall–Kier alpha value is -1.99. The zero-order valence-electron chi connectivity index (χ0n) is 12.1. The minimum absolute atomic E-state index is 0.126. The predicted molar refractivity (Wildman–Crippen MR) is 85.7 cm³/mol. The lowest BCUT2D eigenvalue weighted by Gasteiger charge is -2.31. The number of carbonyl (C=O) groups excluding carboxylic acids is 1. The summed E-state index contributed by atoms with van der Waals surface area (Å²) in [5.74, 6) is 0.174. The third kappa shape index (κ3) is 3.26. The van der Waals surface area contributed by atoms with Crippen molar-refractivity contribution in [1.82, 2.24) is 14.5 Å². The summed E-state index contributed by atoms with van der Waals surface area (Å²) < 4.78 is 3.95. The molecule has 0 bridgehead atoms. The van der Waals surface area contributed by atoms with Crippen LogP contribution in [0.25, 0.3) is 11.3 Å². The summed E-state index contributed by atoms with van der Waals surface area (Å²) in [5.41, 5.74) is 1.62. The minimum atomic E-state index is -0.151. The first-order valence-electron chi connectivity index (χ1n) is 7.32. The molecule has 116 valence electrons.